The number of hydrogen-bond donors (Lipinski definition) is 1. The van der Waals surface area contributed by atoms with E-state index in [4.69, 9.17) is 4.98 Å². The molecule has 29 heavy (non-hydrogen) atoms. The Balaban J connectivity index is 1.37. The van der Waals surface area contributed by atoms with E-state index < -0.39 is 0 Å². The van der Waals surface area contributed by atoms with E-state index in [9.17, 15) is 4.79 Å². The number of amides is 1. The quantitative estimate of drug-likeness (QED) is 0.611. The van der Waals surface area contributed by atoms with Gasteiger partial charge in [-0.1, -0.05) is 6.07 Å². The van der Waals surface area contributed by atoms with Crippen LogP contribution in [-0.2, 0) is 4.79 Å². The molecule has 8 heteroatoms. The maximum Gasteiger partial charge on any atom is 0.227 e. The number of carbonyl (C=O) groups is 1. The lowest BCUT2D eigenvalue weighted by atomic mass is 9.96. The predicted octanol–water partition coefficient (Wildman–Crippen LogP) is 3.62. The first kappa shape index (κ1) is 18.5. The van der Waals surface area contributed by atoms with Gasteiger partial charge in [0.05, 0.1) is 11.4 Å². The van der Waals surface area contributed by atoms with E-state index in [2.05, 4.69) is 35.8 Å². The third kappa shape index (κ3) is 3.73. The van der Waals surface area contributed by atoms with E-state index in [-0.39, 0.29) is 5.92 Å². The molecule has 0 aromatic carbocycles. The van der Waals surface area contributed by atoms with Crippen molar-refractivity contribution < 1.29 is 4.79 Å². The fraction of sp³-hybridized carbons (Fsp3) is 0.429. The van der Waals surface area contributed by atoms with Crippen LogP contribution in [0.15, 0.2) is 34.9 Å². The summed E-state index contributed by atoms with van der Waals surface area (Å²) < 4.78 is 0.770. The molecule has 0 saturated carbocycles. The zero-order valence-corrected chi connectivity index (χ0v) is 17.7. The summed E-state index contributed by atoms with van der Waals surface area (Å²) in [5, 5.41) is 0. The van der Waals surface area contributed by atoms with Crippen molar-refractivity contribution in [1.82, 2.24) is 24.8 Å². The van der Waals surface area contributed by atoms with Gasteiger partial charge in [-0.25, -0.2) is 15.0 Å². The van der Waals surface area contributed by atoms with Crippen LogP contribution in [0.1, 0.15) is 25.7 Å². The molecule has 2 aliphatic rings. The van der Waals surface area contributed by atoms with Crippen LogP contribution in [-0.4, -0.2) is 56.9 Å². The van der Waals surface area contributed by atoms with E-state index in [0.717, 1.165) is 73.5 Å². The number of halogens is 1. The van der Waals surface area contributed by atoms with Crippen LogP contribution in [0.25, 0.3) is 22.7 Å². The van der Waals surface area contributed by atoms with E-state index in [1.54, 1.807) is 0 Å². The Hall–Kier alpha value is -2.48. The second-order valence-electron chi connectivity index (χ2n) is 7.79. The van der Waals surface area contributed by atoms with Gasteiger partial charge in [0, 0.05) is 26.2 Å². The molecule has 0 unspecified atom stereocenters. The van der Waals surface area contributed by atoms with Gasteiger partial charge >= 0.3 is 0 Å². The molecule has 2 fully saturated rings. The summed E-state index contributed by atoms with van der Waals surface area (Å²) in [6.07, 6.45) is 4.25. The van der Waals surface area contributed by atoms with Crippen LogP contribution in [0, 0.1) is 5.92 Å². The zero-order chi connectivity index (χ0) is 19.8. The first-order valence-corrected chi connectivity index (χ1v) is 11.0. The Kier molecular flexibility index (Phi) is 4.95. The largest absolute Gasteiger partial charge is 0.356 e. The second-order valence-corrected chi connectivity index (χ2v) is 8.60. The number of aromatic amines is 1. The first-order chi connectivity index (χ1) is 14.2. The minimum atomic E-state index is 0.0694. The summed E-state index contributed by atoms with van der Waals surface area (Å²) in [7, 11) is 0. The molecule has 5 rings (SSSR count). The van der Waals surface area contributed by atoms with Crippen LogP contribution in [0.4, 0.5) is 5.82 Å². The molecule has 3 aromatic rings. The second kappa shape index (κ2) is 7.74. The molecule has 0 spiro atoms. The normalized spacial score (nSPS) is 19.8. The fourth-order valence-electron chi connectivity index (χ4n) is 4.30. The van der Waals surface area contributed by atoms with Crippen molar-refractivity contribution in [2.75, 3.05) is 31.1 Å². The molecule has 0 bridgehead atoms. The highest BCUT2D eigenvalue weighted by Crippen LogP contribution is 2.27. The molecular formula is C21H23BrN6O. The lowest BCUT2D eigenvalue weighted by Crippen LogP contribution is -2.44. The number of hydrogen-bond acceptors (Lipinski definition) is 5. The monoisotopic (exact) mass is 454 g/mol. The van der Waals surface area contributed by atoms with Crippen molar-refractivity contribution in [3.05, 3.63) is 34.9 Å². The number of rotatable bonds is 3. The minimum Gasteiger partial charge on any atom is -0.356 e. The Bertz CT molecular complexity index is 1040. The number of carbonyl (C=O) groups excluding carboxylic acids is 1. The van der Waals surface area contributed by atoms with Crippen molar-refractivity contribution in [1.29, 1.82) is 0 Å². The number of piperidine rings is 1. The lowest BCUT2D eigenvalue weighted by molar-refractivity contribution is -0.134. The molecule has 1 amide bonds. The molecule has 2 saturated heterocycles. The van der Waals surface area contributed by atoms with Gasteiger partial charge < -0.3 is 14.8 Å². The number of nitrogens with zero attached hydrogens (tertiary/aromatic N) is 5. The number of fused-ring (bicyclic) bond motifs is 1. The van der Waals surface area contributed by atoms with Gasteiger partial charge in [-0.05, 0) is 65.9 Å². The van der Waals surface area contributed by atoms with E-state index in [0.29, 0.717) is 17.4 Å². The summed E-state index contributed by atoms with van der Waals surface area (Å²) in [6, 6.07) is 9.77. The Labute approximate surface area is 177 Å². The molecule has 0 radical (unpaired) electrons. The van der Waals surface area contributed by atoms with Gasteiger partial charge in [-0.15, -0.1) is 0 Å². The molecule has 0 aliphatic carbocycles. The Morgan fingerprint density at radius 2 is 1.90 bits per heavy atom. The first-order valence-electron chi connectivity index (χ1n) is 10.2. The van der Waals surface area contributed by atoms with Gasteiger partial charge in [0.25, 0.3) is 0 Å². The maximum atomic E-state index is 12.8. The van der Waals surface area contributed by atoms with Gasteiger partial charge in [-0.3, -0.25) is 4.79 Å². The molecule has 5 heterocycles. The van der Waals surface area contributed by atoms with Crippen LogP contribution < -0.4 is 4.90 Å². The third-order valence-electron chi connectivity index (χ3n) is 5.80. The summed E-state index contributed by atoms with van der Waals surface area (Å²) in [5.41, 5.74) is 2.33. The average molecular weight is 455 g/mol. The topological polar surface area (TPSA) is 78.0 Å². The van der Waals surface area contributed by atoms with Crippen molar-refractivity contribution in [2.24, 2.45) is 5.92 Å². The molecule has 1 N–H and O–H groups in total. The van der Waals surface area contributed by atoms with E-state index in [1.807, 2.05) is 35.2 Å². The number of imidazole rings is 1. The van der Waals surface area contributed by atoms with Crippen LogP contribution in [0.2, 0.25) is 0 Å². The van der Waals surface area contributed by atoms with Crippen molar-refractivity contribution in [3.63, 3.8) is 0 Å². The van der Waals surface area contributed by atoms with Crippen LogP contribution in [0.3, 0.4) is 0 Å². The number of anilines is 1. The maximum absolute atomic E-state index is 12.8. The SMILES string of the molecule is O=C([C@@H]1CCCN(c2ccc3[nH]c(-c4cccc(Br)n4)nc3n2)C1)N1CCCC1. The zero-order valence-electron chi connectivity index (χ0n) is 16.1. The fourth-order valence-corrected chi connectivity index (χ4v) is 4.65. The lowest BCUT2D eigenvalue weighted by Gasteiger charge is -2.34. The molecule has 2 aliphatic heterocycles. The van der Waals surface area contributed by atoms with E-state index in [1.165, 1.54) is 0 Å². The van der Waals surface area contributed by atoms with Gasteiger partial charge in [0.2, 0.25) is 5.91 Å². The highest BCUT2D eigenvalue weighted by Gasteiger charge is 2.31. The Morgan fingerprint density at radius 3 is 2.72 bits per heavy atom. The third-order valence-corrected chi connectivity index (χ3v) is 6.24. The summed E-state index contributed by atoms with van der Waals surface area (Å²) in [6.45, 7) is 3.49. The van der Waals surface area contributed by atoms with Gasteiger partial charge in [0.1, 0.15) is 16.1 Å². The highest BCUT2D eigenvalue weighted by atomic mass is 79.9. The standard InChI is InChI=1S/C21H23BrN6O/c22-17-7-3-6-15(23-17)19-24-16-8-9-18(25-20(16)26-19)28-12-4-5-14(13-28)21(29)27-10-1-2-11-27/h3,6-9,14H,1-2,4-5,10-13H2,(H,24,25,26)/t14-/m1/s1. The number of H-pyrrole nitrogens is 1. The summed E-state index contributed by atoms with van der Waals surface area (Å²) in [4.78, 5) is 34.3. The molecular weight excluding hydrogens is 432 g/mol. The Morgan fingerprint density at radius 1 is 1.03 bits per heavy atom. The predicted molar refractivity (Wildman–Crippen MR) is 116 cm³/mol. The minimum absolute atomic E-state index is 0.0694. The molecule has 150 valence electrons. The molecule has 7 nitrogen and oxygen atoms in total. The number of nitrogens with one attached hydrogen (secondary N) is 1. The van der Waals surface area contributed by atoms with Gasteiger partial charge in [-0.2, -0.15) is 0 Å². The summed E-state index contributed by atoms with van der Waals surface area (Å²) >= 11 is 3.40. The number of aromatic nitrogens is 4. The van der Waals surface area contributed by atoms with Crippen molar-refractivity contribution in [2.45, 2.75) is 25.7 Å². The van der Waals surface area contributed by atoms with E-state index >= 15 is 0 Å². The summed E-state index contributed by atoms with van der Waals surface area (Å²) in [5.74, 6) is 1.97. The highest BCUT2D eigenvalue weighted by molar-refractivity contribution is 9.10. The van der Waals surface area contributed by atoms with Crippen molar-refractivity contribution in [3.8, 4) is 11.5 Å². The average Bonchev–Trinajstić information content (AvgIpc) is 3.43. The number of pyridine rings is 2. The van der Waals surface area contributed by atoms with Crippen LogP contribution >= 0.6 is 15.9 Å². The van der Waals surface area contributed by atoms with Gasteiger partial charge in [0.15, 0.2) is 11.5 Å². The number of likely N-dealkylation sites (tertiary alicyclic amines) is 1. The smallest absolute Gasteiger partial charge is 0.227 e. The van der Waals surface area contributed by atoms with Crippen molar-refractivity contribution >= 4 is 38.8 Å². The van der Waals surface area contributed by atoms with Crippen LogP contribution in [0.5, 0.6) is 0 Å². The molecule has 3 aromatic heterocycles. The molecule has 1 atom stereocenters.